The Kier molecular flexibility index (Phi) is 7.36. The third-order valence-electron chi connectivity index (χ3n) is 9.48. The molecule has 8 nitrogen and oxygen atoms in total. The van der Waals surface area contributed by atoms with Crippen LogP contribution >= 0.6 is 0 Å². The number of aliphatic hydroxyl groups is 1. The Balaban J connectivity index is 1.51. The lowest BCUT2D eigenvalue weighted by molar-refractivity contribution is -0.146. The zero-order valence-corrected chi connectivity index (χ0v) is 26.0. The minimum absolute atomic E-state index is 0.0127. The molecule has 1 amide bonds. The van der Waals surface area contributed by atoms with Crippen molar-refractivity contribution in [2.24, 2.45) is 5.92 Å². The molecule has 1 aromatic heterocycles. The number of aromatic nitrogens is 2. The molecule has 3 heterocycles. The van der Waals surface area contributed by atoms with E-state index in [9.17, 15) is 14.7 Å². The number of nitrogens with zero attached hydrogens (tertiary/aromatic N) is 3. The van der Waals surface area contributed by atoms with Crippen LogP contribution in [0, 0.1) is 5.92 Å². The van der Waals surface area contributed by atoms with Gasteiger partial charge in [-0.3, -0.25) is 9.59 Å². The molecule has 2 aliphatic heterocycles. The van der Waals surface area contributed by atoms with Gasteiger partial charge in [0.05, 0.1) is 44.2 Å². The van der Waals surface area contributed by atoms with Crippen molar-refractivity contribution < 1.29 is 19.4 Å². The molecule has 0 unspecified atom stereocenters. The van der Waals surface area contributed by atoms with Gasteiger partial charge in [0, 0.05) is 30.0 Å². The maximum Gasteiger partial charge on any atom is 0.279 e. The van der Waals surface area contributed by atoms with Gasteiger partial charge in [-0.2, -0.15) is 9.78 Å². The Morgan fingerprint density at radius 3 is 2.56 bits per heavy atom. The fourth-order valence-electron chi connectivity index (χ4n) is 7.42. The van der Waals surface area contributed by atoms with Crippen LogP contribution in [-0.4, -0.2) is 55.2 Å². The van der Waals surface area contributed by atoms with Gasteiger partial charge in [-0.25, -0.2) is 0 Å². The highest BCUT2D eigenvalue weighted by atomic mass is 28.3. The number of benzene rings is 3. The number of amides is 1. The highest BCUT2D eigenvalue weighted by Gasteiger charge is 2.66. The summed E-state index contributed by atoms with van der Waals surface area (Å²) in [5.41, 5.74) is 0.517. The van der Waals surface area contributed by atoms with Crippen molar-refractivity contribution >= 4 is 35.6 Å². The van der Waals surface area contributed by atoms with Crippen LogP contribution in [0.1, 0.15) is 18.9 Å². The Morgan fingerprint density at radius 2 is 1.86 bits per heavy atom. The number of aliphatic hydroxyl groups excluding tert-OH is 1. The van der Waals surface area contributed by atoms with Crippen LogP contribution in [0.2, 0.25) is 18.6 Å². The SMILES string of the molecule is C=CCN1C(=O)[C@@]2(O[C@@H](CCO)[C@H]([Si](C)(C)c3ccc(OC)cc3)[C@H]2C)c2cc(-n3ncc4ccccc4c3=O)ccc21. The van der Waals surface area contributed by atoms with Crippen LogP contribution in [-0.2, 0) is 15.1 Å². The van der Waals surface area contributed by atoms with E-state index in [1.807, 2.05) is 48.5 Å². The van der Waals surface area contributed by atoms with Crippen molar-refractivity contribution in [1.29, 1.82) is 0 Å². The molecule has 3 aromatic carbocycles. The summed E-state index contributed by atoms with van der Waals surface area (Å²) in [6, 6.07) is 21.1. The second kappa shape index (κ2) is 10.9. The zero-order chi connectivity index (χ0) is 30.5. The molecule has 222 valence electrons. The number of carbonyl (C=O) groups excluding carboxylic acids is 1. The minimum atomic E-state index is -2.30. The third kappa shape index (κ3) is 4.37. The molecule has 9 heteroatoms. The summed E-state index contributed by atoms with van der Waals surface area (Å²) < 4.78 is 13.7. The Bertz CT molecular complexity index is 1770. The largest absolute Gasteiger partial charge is 0.497 e. The van der Waals surface area contributed by atoms with E-state index in [0.29, 0.717) is 24.0 Å². The lowest BCUT2D eigenvalue weighted by atomic mass is 9.82. The molecule has 0 saturated carbocycles. The topological polar surface area (TPSA) is 93.9 Å². The second-order valence-corrected chi connectivity index (χ2v) is 16.7. The molecule has 1 spiro atoms. The highest BCUT2D eigenvalue weighted by molar-refractivity contribution is 6.91. The summed E-state index contributed by atoms with van der Waals surface area (Å²) in [4.78, 5) is 29.8. The first-order chi connectivity index (χ1) is 20.7. The molecule has 1 fully saturated rings. The quantitative estimate of drug-likeness (QED) is 0.238. The smallest absolute Gasteiger partial charge is 0.279 e. The van der Waals surface area contributed by atoms with Gasteiger partial charge in [-0.15, -0.1) is 6.58 Å². The molecular weight excluding hydrogens is 558 g/mol. The predicted molar refractivity (Wildman–Crippen MR) is 171 cm³/mol. The molecule has 1 N–H and O–H groups in total. The number of hydrogen-bond donors (Lipinski definition) is 1. The summed E-state index contributed by atoms with van der Waals surface area (Å²) in [6.45, 7) is 10.9. The summed E-state index contributed by atoms with van der Waals surface area (Å²) >= 11 is 0. The summed E-state index contributed by atoms with van der Waals surface area (Å²) in [6.07, 6.45) is 3.47. The Labute approximate surface area is 252 Å². The molecule has 2 aliphatic rings. The average molecular weight is 596 g/mol. The molecule has 0 bridgehead atoms. The van der Waals surface area contributed by atoms with E-state index < -0.39 is 13.7 Å². The van der Waals surface area contributed by atoms with Crippen molar-refractivity contribution in [3.63, 3.8) is 0 Å². The number of rotatable bonds is 8. The summed E-state index contributed by atoms with van der Waals surface area (Å²) in [5, 5.41) is 17.2. The number of hydrogen-bond acceptors (Lipinski definition) is 6. The van der Waals surface area contributed by atoms with E-state index in [4.69, 9.17) is 9.47 Å². The lowest BCUT2D eigenvalue weighted by Gasteiger charge is -2.37. The molecular formula is C34H37N3O5Si. The van der Waals surface area contributed by atoms with Crippen LogP contribution < -0.4 is 20.4 Å². The first-order valence-electron chi connectivity index (χ1n) is 14.7. The second-order valence-electron chi connectivity index (χ2n) is 12.0. The van der Waals surface area contributed by atoms with Gasteiger partial charge in [0.25, 0.3) is 11.5 Å². The fourth-order valence-corrected chi connectivity index (χ4v) is 11.5. The standard InChI is InChI=1S/C34H37N3O5Si/c1-6-18-36-29-16-11-24(37-32(39)27-10-8-7-9-23(27)21-35-37)20-28(29)34(33(36)40)22(2)31(30(42-34)17-19-38)43(4,5)26-14-12-25(41-3)13-15-26/h6-16,20-22,30-31,38H,1,17-19H2,2-5H3/t22-,30+,31-,34+/m1/s1. The number of fused-ring (bicyclic) bond motifs is 3. The molecule has 1 saturated heterocycles. The Hall–Kier alpha value is -4.05. The van der Waals surface area contributed by atoms with Gasteiger partial charge in [-0.1, -0.05) is 61.6 Å². The lowest BCUT2D eigenvalue weighted by Crippen LogP contribution is -2.51. The van der Waals surface area contributed by atoms with Crippen molar-refractivity contribution in [3.8, 4) is 11.4 Å². The van der Waals surface area contributed by atoms with Gasteiger partial charge in [0.1, 0.15) is 5.75 Å². The van der Waals surface area contributed by atoms with E-state index in [2.05, 4.69) is 43.8 Å². The molecule has 6 rings (SSSR count). The van der Waals surface area contributed by atoms with E-state index in [0.717, 1.165) is 22.4 Å². The zero-order valence-electron chi connectivity index (χ0n) is 25.0. The molecule has 43 heavy (non-hydrogen) atoms. The Morgan fingerprint density at radius 1 is 1.12 bits per heavy atom. The summed E-state index contributed by atoms with van der Waals surface area (Å²) in [7, 11) is -0.645. The fraction of sp³-hybridized carbons (Fsp3) is 0.324. The molecule has 0 radical (unpaired) electrons. The number of ether oxygens (including phenoxy) is 2. The van der Waals surface area contributed by atoms with Crippen molar-refractivity contribution in [2.45, 2.75) is 43.7 Å². The monoisotopic (exact) mass is 595 g/mol. The van der Waals surface area contributed by atoms with Crippen LogP contribution in [0.15, 0.2) is 90.4 Å². The molecule has 0 aliphatic carbocycles. The third-order valence-corrected chi connectivity index (χ3v) is 13.8. The average Bonchev–Trinajstić information content (AvgIpc) is 3.44. The number of carbonyl (C=O) groups is 1. The van der Waals surface area contributed by atoms with Crippen LogP contribution in [0.25, 0.3) is 16.5 Å². The van der Waals surface area contributed by atoms with Crippen molar-refractivity contribution in [3.05, 3.63) is 101 Å². The number of methoxy groups -OCH3 is 1. The normalized spacial score (nSPS) is 23.2. The van der Waals surface area contributed by atoms with Crippen LogP contribution in [0.3, 0.4) is 0 Å². The van der Waals surface area contributed by atoms with Crippen molar-refractivity contribution in [2.75, 3.05) is 25.2 Å². The molecule has 4 atom stereocenters. The first-order valence-corrected chi connectivity index (χ1v) is 17.7. The van der Waals surface area contributed by atoms with Crippen LogP contribution in [0.5, 0.6) is 5.75 Å². The first kappa shape index (κ1) is 29.0. The number of anilines is 1. The van der Waals surface area contributed by atoms with E-state index in [-0.39, 0.29) is 35.6 Å². The summed E-state index contributed by atoms with van der Waals surface area (Å²) in [5.74, 6) is 0.430. The maximum atomic E-state index is 14.5. The van der Waals surface area contributed by atoms with E-state index in [1.165, 1.54) is 9.87 Å². The highest BCUT2D eigenvalue weighted by Crippen LogP contribution is 2.60. The van der Waals surface area contributed by atoms with Crippen molar-refractivity contribution in [1.82, 2.24) is 9.78 Å². The van der Waals surface area contributed by atoms with Gasteiger partial charge < -0.3 is 19.5 Å². The minimum Gasteiger partial charge on any atom is -0.497 e. The van der Waals surface area contributed by atoms with Gasteiger partial charge in [0.2, 0.25) is 0 Å². The molecule has 4 aromatic rings. The van der Waals surface area contributed by atoms with Gasteiger partial charge >= 0.3 is 0 Å². The van der Waals surface area contributed by atoms with E-state index in [1.54, 1.807) is 30.3 Å². The van der Waals surface area contributed by atoms with Crippen LogP contribution in [0.4, 0.5) is 5.69 Å². The van der Waals surface area contributed by atoms with Gasteiger partial charge in [-0.05, 0) is 48.4 Å². The van der Waals surface area contributed by atoms with E-state index >= 15 is 0 Å². The van der Waals surface area contributed by atoms with Gasteiger partial charge in [0.15, 0.2) is 5.60 Å². The maximum absolute atomic E-state index is 14.5. The predicted octanol–water partition coefficient (Wildman–Crippen LogP) is 4.53.